The summed E-state index contributed by atoms with van der Waals surface area (Å²) in [4.78, 5) is 2.42. The van der Waals surface area contributed by atoms with Crippen LogP contribution in [0.25, 0.3) is 86.3 Å². The monoisotopic (exact) mass is 719 g/mol. The van der Waals surface area contributed by atoms with Gasteiger partial charge in [-0.3, -0.25) is 0 Å². The molecule has 11 aromatic rings. The minimum atomic E-state index is 0.879. The van der Waals surface area contributed by atoms with Crippen LogP contribution in [0.2, 0.25) is 0 Å². The van der Waals surface area contributed by atoms with Crippen molar-refractivity contribution in [2.45, 2.75) is 0 Å². The zero-order chi connectivity index (χ0) is 36.3. The lowest BCUT2D eigenvalue weighted by molar-refractivity contribution is 0.669. The van der Waals surface area contributed by atoms with Gasteiger partial charge in [-0.25, -0.2) is 0 Å². The summed E-state index contributed by atoms with van der Waals surface area (Å²) < 4.78 is 8.92. The quantitative estimate of drug-likeness (QED) is 0.170. The molecule has 0 saturated heterocycles. The van der Waals surface area contributed by atoms with Gasteiger partial charge in [0, 0.05) is 47.9 Å². The second-order valence-corrected chi connectivity index (χ2v) is 15.2. The van der Waals surface area contributed by atoms with Gasteiger partial charge in [0.1, 0.15) is 11.2 Å². The average Bonchev–Trinajstić information content (AvgIpc) is 3.82. The fourth-order valence-electron chi connectivity index (χ4n) is 8.22. The molecular weight excluding hydrogens is 687 g/mol. The van der Waals surface area contributed by atoms with Crippen molar-refractivity contribution in [1.82, 2.24) is 0 Å². The lowest BCUT2D eigenvalue weighted by atomic mass is 9.90. The maximum atomic E-state index is 6.32. The Kier molecular flexibility index (Phi) is 7.39. The van der Waals surface area contributed by atoms with Crippen LogP contribution in [-0.4, -0.2) is 0 Å². The molecule has 0 radical (unpaired) electrons. The number of rotatable bonds is 6. The number of benzene rings is 9. The Hall–Kier alpha value is -6.94. The molecule has 0 bridgehead atoms. The highest BCUT2D eigenvalue weighted by Gasteiger charge is 2.23. The van der Waals surface area contributed by atoms with E-state index in [4.69, 9.17) is 4.42 Å². The number of hydrogen-bond donors (Lipinski definition) is 0. The van der Waals surface area contributed by atoms with E-state index < -0.39 is 0 Å². The SMILES string of the molecule is c1ccc(-c2ccc(N(c3ccc4oc5ccccc5c4c3)c3cccc(-c4ccc5ccccc5c4)c3-c3ccc4sc5ccccc5c4c3)cc2)cc1. The van der Waals surface area contributed by atoms with Crippen LogP contribution >= 0.6 is 11.3 Å². The highest BCUT2D eigenvalue weighted by Crippen LogP contribution is 2.48. The molecular formula is C52H33NOS. The average molecular weight is 720 g/mol. The summed E-state index contributed by atoms with van der Waals surface area (Å²) >= 11 is 1.85. The van der Waals surface area contributed by atoms with E-state index in [-0.39, 0.29) is 0 Å². The molecule has 0 unspecified atom stereocenters. The van der Waals surface area contributed by atoms with Gasteiger partial charge in [-0.15, -0.1) is 11.3 Å². The van der Waals surface area contributed by atoms with Crippen LogP contribution < -0.4 is 4.90 Å². The van der Waals surface area contributed by atoms with Crippen LogP contribution in [0.5, 0.6) is 0 Å². The zero-order valence-corrected chi connectivity index (χ0v) is 30.6. The first-order valence-corrected chi connectivity index (χ1v) is 19.5. The lowest BCUT2D eigenvalue weighted by Crippen LogP contribution is -2.11. The number of nitrogens with zero attached hydrogens (tertiary/aromatic N) is 1. The minimum Gasteiger partial charge on any atom is -0.456 e. The summed E-state index contributed by atoms with van der Waals surface area (Å²) in [6.07, 6.45) is 0. The Bertz CT molecular complexity index is 3210. The topological polar surface area (TPSA) is 16.4 Å². The summed E-state index contributed by atoms with van der Waals surface area (Å²) in [7, 11) is 0. The molecule has 0 saturated carbocycles. The normalized spacial score (nSPS) is 11.6. The van der Waals surface area contributed by atoms with Gasteiger partial charge in [0.2, 0.25) is 0 Å². The summed E-state index contributed by atoms with van der Waals surface area (Å²) in [6, 6.07) is 72.5. The smallest absolute Gasteiger partial charge is 0.135 e. The van der Waals surface area contributed by atoms with Crippen molar-refractivity contribution in [3.05, 3.63) is 200 Å². The van der Waals surface area contributed by atoms with E-state index in [1.807, 2.05) is 23.5 Å². The summed E-state index contributed by atoms with van der Waals surface area (Å²) in [5.74, 6) is 0. The highest BCUT2D eigenvalue weighted by atomic mass is 32.1. The van der Waals surface area contributed by atoms with Crippen molar-refractivity contribution < 1.29 is 4.42 Å². The number of fused-ring (bicyclic) bond motifs is 7. The molecule has 2 nitrogen and oxygen atoms in total. The van der Waals surface area contributed by atoms with Crippen LogP contribution in [0.1, 0.15) is 0 Å². The van der Waals surface area contributed by atoms with Crippen LogP contribution in [-0.2, 0) is 0 Å². The molecule has 258 valence electrons. The van der Waals surface area contributed by atoms with E-state index in [2.05, 4.69) is 193 Å². The van der Waals surface area contributed by atoms with E-state index in [9.17, 15) is 0 Å². The predicted octanol–water partition coefficient (Wildman–Crippen LogP) is 15.6. The van der Waals surface area contributed by atoms with Crippen molar-refractivity contribution in [2.75, 3.05) is 4.90 Å². The minimum absolute atomic E-state index is 0.879. The summed E-state index contributed by atoms with van der Waals surface area (Å²) in [6.45, 7) is 0. The summed E-state index contributed by atoms with van der Waals surface area (Å²) in [5, 5.41) is 7.23. The van der Waals surface area contributed by atoms with Crippen molar-refractivity contribution in [2.24, 2.45) is 0 Å². The van der Waals surface area contributed by atoms with Crippen molar-refractivity contribution in [3.8, 4) is 33.4 Å². The number of para-hydroxylation sites is 1. The molecule has 11 rings (SSSR count). The molecule has 0 N–H and O–H groups in total. The van der Waals surface area contributed by atoms with Crippen LogP contribution in [0.15, 0.2) is 205 Å². The molecule has 2 aromatic heterocycles. The zero-order valence-electron chi connectivity index (χ0n) is 29.8. The number of hydrogen-bond acceptors (Lipinski definition) is 3. The molecule has 2 heterocycles. The van der Waals surface area contributed by atoms with Gasteiger partial charge in [0.15, 0.2) is 0 Å². The molecule has 3 heteroatoms. The standard InChI is InChI=1S/C52H33NOS/c1-2-11-34(12-3-1)36-23-26-40(27-24-36)53(41-28-29-49-45(33-41)43-15-6-8-19-48(43)54-49)47-18-10-17-42(38-22-21-35-13-4-5-14-37(35)31-38)52(47)39-25-30-51-46(32-39)44-16-7-9-20-50(44)55-51/h1-33H. The second kappa shape index (κ2) is 12.9. The fourth-order valence-corrected chi connectivity index (χ4v) is 9.31. The van der Waals surface area contributed by atoms with Gasteiger partial charge in [-0.05, 0) is 105 Å². The second-order valence-electron chi connectivity index (χ2n) is 14.1. The largest absolute Gasteiger partial charge is 0.456 e. The maximum absolute atomic E-state index is 6.32. The van der Waals surface area contributed by atoms with Gasteiger partial charge in [-0.2, -0.15) is 0 Å². The third kappa shape index (κ3) is 5.40. The van der Waals surface area contributed by atoms with Gasteiger partial charge in [0.05, 0.1) is 5.69 Å². The third-order valence-electron chi connectivity index (χ3n) is 10.9. The lowest BCUT2D eigenvalue weighted by Gasteiger charge is -2.29. The van der Waals surface area contributed by atoms with Crippen LogP contribution in [0, 0.1) is 0 Å². The Balaban J connectivity index is 1.19. The van der Waals surface area contributed by atoms with Crippen molar-refractivity contribution in [1.29, 1.82) is 0 Å². The molecule has 0 aliphatic rings. The first-order valence-electron chi connectivity index (χ1n) is 18.7. The molecule has 0 aliphatic heterocycles. The van der Waals surface area contributed by atoms with Gasteiger partial charge >= 0.3 is 0 Å². The summed E-state index contributed by atoms with van der Waals surface area (Å²) in [5.41, 5.74) is 12.1. The molecule has 0 spiro atoms. The Morgan fingerprint density at radius 3 is 1.93 bits per heavy atom. The van der Waals surface area contributed by atoms with Gasteiger partial charge in [-0.1, -0.05) is 133 Å². The van der Waals surface area contributed by atoms with E-state index >= 15 is 0 Å². The van der Waals surface area contributed by atoms with Crippen LogP contribution in [0.4, 0.5) is 17.1 Å². The molecule has 0 amide bonds. The Morgan fingerprint density at radius 1 is 0.364 bits per heavy atom. The van der Waals surface area contributed by atoms with Gasteiger partial charge < -0.3 is 9.32 Å². The van der Waals surface area contributed by atoms with E-state index in [0.717, 1.165) is 39.0 Å². The van der Waals surface area contributed by atoms with Crippen molar-refractivity contribution >= 4 is 81.3 Å². The predicted molar refractivity (Wildman–Crippen MR) is 235 cm³/mol. The first kappa shape index (κ1) is 31.6. The number of thiophene rings is 1. The fraction of sp³-hybridized carbons (Fsp3) is 0. The van der Waals surface area contributed by atoms with E-state index in [1.165, 1.54) is 64.3 Å². The Morgan fingerprint density at radius 2 is 1.04 bits per heavy atom. The van der Waals surface area contributed by atoms with Crippen molar-refractivity contribution in [3.63, 3.8) is 0 Å². The number of anilines is 3. The maximum Gasteiger partial charge on any atom is 0.135 e. The molecule has 0 aliphatic carbocycles. The first-order chi connectivity index (χ1) is 27.2. The number of furan rings is 1. The van der Waals surface area contributed by atoms with E-state index in [0.29, 0.717) is 0 Å². The molecule has 9 aromatic carbocycles. The van der Waals surface area contributed by atoms with E-state index in [1.54, 1.807) is 0 Å². The molecule has 0 atom stereocenters. The third-order valence-corrected chi connectivity index (χ3v) is 12.0. The van der Waals surface area contributed by atoms with Crippen LogP contribution in [0.3, 0.4) is 0 Å². The van der Waals surface area contributed by atoms with Gasteiger partial charge in [0.25, 0.3) is 0 Å². The Labute approximate surface area is 322 Å². The molecule has 55 heavy (non-hydrogen) atoms. The highest BCUT2D eigenvalue weighted by molar-refractivity contribution is 7.25. The molecule has 0 fully saturated rings.